The quantitative estimate of drug-likeness (QED) is 0.550. The molecule has 5 aliphatic rings. The van der Waals surface area contributed by atoms with Crippen molar-refractivity contribution >= 4 is 6.29 Å². The van der Waals surface area contributed by atoms with Crippen molar-refractivity contribution in [2.75, 3.05) is 0 Å². The smallest absolute Gasteiger partial charge is 0.236 e. The van der Waals surface area contributed by atoms with Gasteiger partial charge in [-0.05, 0) is 44.6 Å². The van der Waals surface area contributed by atoms with Crippen LogP contribution < -0.4 is 0 Å². The molecule has 1 saturated carbocycles. The zero-order chi connectivity index (χ0) is 14.8. The van der Waals surface area contributed by atoms with Gasteiger partial charge in [-0.2, -0.15) is 0 Å². The van der Waals surface area contributed by atoms with Gasteiger partial charge in [0.05, 0.1) is 0 Å². The van der Waals surface area contributed by atoms with E-state index in [1.807, 2.05) is 13.8 Å². The predicted octanol–water partition coefficient (Wildman–Crippen LogP) is 2.71. The van der Waals surface area contributed by atoms with Crippen LogP contribution in [0.15, 0.2) is 11.3 Å². The first-order valence-electron chi connectivity index (χ1n) is 7.87. The first kappa shape index (κ1) is 13.7. The van der Waals surface area contributed by atoms with Crippen molar-refractivity contribution in [1.29, 1.82) is 0 Å². The van der Waals surface area contributed by atoms with Crippen LogP contribution in [0, 0.1) is 17.8 Å². The fourth-order valence-corrected chi connectivity index (χ4v) is 4.76. The summed E-state index contributed by atoms with van der Waals surface area (Å²) in [6, 6.07) is 0. The van der Waals surface area contributed by atoms with Crippen molar-refractivity contribution < 1.29 is 24.0 Å². The Morgan fingerprint density at radius 3 is 2.81 bits per heavy atom. The van der Waals surface area contributed by atoms with E-state index >= 15 is 0 Å². The molecule has 2 bridgehead atoms. The Bertz CT molecular complexity index is 515. The number of carbonyl (C=O) groups excluding carboxylic acids is 1. The second-order valence-electron chi connectivity index (χ2n) is 7.14. The Hall–Kier alpha value is -0.910. The van der Waals surface area contributed by atoms with Gasteiger partial charge in [0.25, 0.3) is 0 Å². The number of allylic oxidation sites excluding steroid dienone is 1. The maximum Gasteiger partial charge on any atom is 0.236 e. The van der Waals surface area contributed by atoms with E-state index in [9.17, 15) is 4.79 Å². The molecule has 5 nitrogen and oxygen atoms in total. The van der Waals surface area contributed by atoms with Crippen LogP contribution in [-0.4, -0.2) is 24.0 Å². The maximum absolute atomic E-state index is 11.3. The van der Waals surface area contributed by atoms with Crippen LogP contribution in [0.3, 0.4) is 0 Å². The average Bonchev–Trinajstić information content (AvgIpc) is 2.69. The highest BCUT2D eigenvalue weighted by Gasteiger charge is 2.68. The summed E-state index contributed by atoms with van der Waals surface area (Å²) in [5.41, 5.74) is 0.362. The van der Waals surface area contributed by atoms with E-state index in [4.69, 9.17) is 19.2 Å². The summed E-state index contributed by atoms with van der Waals surface area (Å²) in [6.45, 7) is 6.12. The number of aldehydes is 1. The Balaban J connectivity index is 1.87. The number of ether oxygens (including phenoxy) is 2. The van der Waals surface area contributed by atoms with E-state index < -0.39 is 17.7 Å². The van der Waals surface area contributed by atoms with Crippen LogP contribution >= 0.6 is 0 Å². The molecule has 5 rings (SSSR count). The summed E-state index contributed by atoms with van der Waals surface area (Å²) < 4.78 is 12.0. The molecule has 1 unspecified atom stereocenters. The number of carbonyl (C=O) groups is 1. The van der Waals surface area contributed by atoms with Gasteiger partial charge in [-0.1, -0.05) is 6.92 Å². The zero-order valence-electron chi connectivity index (χ0n) is 12.8. The standard InChI is InChI=1S/C16H22O5/c1-9-4-5-12-10(2)13(8-17)18-14-16(12)11(9)6-7-15(3,19-14)20-21-16/h8-9,11-12,14H,4-7H2,1-3H3/t9-,11+,12?,14-,15-,16-/m1/s1. The molecule has 4 aliphatic heterocycles. The molecule has 0 aromatic carbocycles. The van der Waals surface area contributed by atoms with Crippen molar-refractivity contribution in [3.8, 4) is 0 Å². The Labute approximate surface area is 124 Å². The third kappa shape index (κ3) is 1.65. The van der Waals surface area contributed by atoms with Gasteiger partial charge in [0.2, 0.25) is 12.1 Å². The molecule has 0 radical (unpaired) electrons. The molecule has 4 heterocycles. The fourth-order valence-electron chi connectivity index (χ4n) is 4.76. The van der Waals surface area contributed by atoms with E-state index in [1.54, 1.807) is 0 Å². The van der Waals surface area contributed by atoms with Crippen LogP contribution in [-0.2, 0) is 24.0 Å². The first-order chi connectivity index (χ1) is 10.00. The van der Waals surface area contributed by atoms with Gasteiger partial charge in [0, 0.05) is 18.3 Å². The summed E-state index contributed by atoms with van der Waals surface area (Å²) >= 11 is 0. The molecule has 1 aliphatic carbocycles. The third-order valence-corrected chi connectivity index (χ3v) is 5.97. The van der Waals surface area contributed by atoms with Crippen LogP contribution in [0.5, 0.6) is 0 Å². The number of rotatable bonds is 1. The molecular weight excluding hydrogens is 272 g/mol. The molecule has 4 fully saturated rings. The molecule has 5 heteroatoms. The van der Waals surface area contributed by atoms with Gasteiger partial charge >= 0.3 is 0 Å². The normalized spacial score (nSPS) is 52.0. The summed E-state index contributed by atoms with van der Waals surface area (Å²) in [5.74, 6) is 0.611. The summed E-state index contributed by atoms with van der Waals surface area (Å²) in [7, 11) is 0. The minimum Gasteiger partial charge on any atom is -0.458 e. The van der Waals surface area contributed by atoms with Crippen molar-refractivity contribution in [2.24, 2.45) is 17.8 Å². The van der Waals surface area contributed by atoms with Crippen LogP contribution in [0.4, 0.5) is 0 Å². The van der Waals surface area contributed by atoms with Gasteiger partial charge in [0.1, 0.15) is 0 Å². The highest BCUT2D eigenvalue weighted by molar-refractivity contribution is 5.72. The molecule has 116 valence electrons. The van der Waals surface area contributed by atoms with Crippen molar-refractivity contribution in [3.63, 3.8) is 0 Å². The predicted molar refractivity (Wildman–Crippen MR) is 72.6 cm³/mol. The molecule has 0 aromatic rings. The minimum atomic E-state index is -0.781. The van der Waals surface area contributed by atoms with Gasteiger partial charge in [-0.15, -0.1) is 0 Å². The minimum absolute atomic E-state index is 0.125. The lowest BCUT2D eigenvalue weighted by molar-refractivity contribution is -0.555. The van der Waals surface area contributed by atoms with Crippen molar-refractivity contribution in [2.45, 2.75) is 64.1 Å². The first-order valence-corrected chi connectivity index (χ1v) is 7.87. The fraction of sp³-hybridized carbons (Fsp3) is 0.812. The Morgan fingerprint density at radius 2 is 2.05 bits per heavy atom. The molecule has 21 heavy (non-hydrogen) atoms. The largest absolute Gasteiger partial charge is 0.458 e. The Kier molecular flexibility index (Phi) is 2.82. The lowest BCUT2D eigenvalue weighted by Crippen LogP contribution is -2.66. The molecule has 0 N–H and O–H groups in total. The second-order valence-corrected chi connectivity index (χ2v) is 7.14. The Morgan fingerprint density at radius 1 is 1.24 bits per heavy atom. The van der Waals surface area contributed by atoms with Crippen LogP contribution in [0.25, 0.3) is 0 Å². The average molecular weight is 294 g/mol. The lowest BCUT2D eigenvalue weighted by atomic mass is 9.59. The van der Waals surface area contributed by atoms with Gasteiger partial charge in [0.15, 0.2) is 17.6 Å². The monoisotopic (exact) mass is 294 g/mol. The maximum atomic E-state index is 11.3. The lowest BCUT2D eigenvalue weighted by Gasteiger charge is -2.56. The SMILES string of the molecule is CC1=C(C=O)O[C@@H]2O[C@@]3(C)CC[C@H]4[C@H](C)CCC1[C@@]24OO3. The number of hydrogen-bond acceptors (Lipinski definition) is 5. The molecule has 0 amide bonds. The summed E-state index contributed by atoms with van der Waals surface area (Å²) in [5, 5.41) is 0. The van der Waals surface area contributed by atoms with Crippen LogP contribution in [0.2, 0.25) is 0 Å². The molecule has 1 spiro atoms. The van der Waals surface area contributed by atoms with Crippen LogP contribution in [0.1, 0.15) is 46.5 Å². The van der Waals surface area contributed by atoms with Gasteiger partial charge in [-0.25, -0.2) is 9.78 Å². The summed E-state index contributed by atoms with van der Waals surface area (Å²) in [4.78, 5) is 23.0. The third-order valence-electron chi connectivity index (χ3n) is 5.97. The van der Waals surface area contributed by atoms with E-state index in [0.29, 0.717) is 17.6 Å². The zero-order valence-corrected chi connectivity index (χ0v) is 12.8. The highest BCUT2D eigenvalue weighted by Crippen LogP contribution is 2.59. The second kappa shape index (κ2) is 4.31. The molecule has 3 saturated heterocycles. The number of fused-ring (bicyclic) bond motifs is 2. The van der Waals surface area contributed by atoms with E-state index in [0.717, 1.165) is 37.5 Å². The van der Waals surface area contributed by atoms with E-state index in [-0.39, 0.29) is 5.92 Å². The summed E-state index contributed by atoms with van der Waals surface area (Å²) in [6.07, 6.45) is 4.13. The van der Waals surface area contributed by atoms with E-state index in [1.165, 1.54) is 0 Å². The van der Waals surface area contributed by atoms with E-state index in [2.05, 4.69) is 6.92 Å². The van der Waals surface area contributed by atoms with Crippen molar-refractivity contribution in [1.82, 2.24) is 0 Å². The molecular formula is C16H22O5. The van der Waals surface area contributed by atoms with Crippen molar-refractivity contribution in [3.05, 3.63) is 11.3 Å². The molecule has 6 atom stereocenters. The van der Waals surface area contributed by atoms with Gasteiger partial charge in [-0.3, -0.25) is 4.79 Å². The molecule has 0 aromatic heterocycles. The topological polar surface area (TPSA) is 54.0 Å². The van der Waals surface area contributed by atoms with Gasteiger partial charge < -0.3 is 9.47 Å². The number of hydrogen-bond donors (Lipinski definition) is 0. The highest BCUT2D eigenvalue weighted by atomic mass is 17.3.